The van der Waals surface area contributed by atoms with Crippen molar-refractivity contribution in [2.24, 2.45) is 0 Å². The number of carbonyl (C=O) groups is 1. The summed E-state index contributed by atoms with van der Waals surface area (Å²) in [5.41, 5.74) is 1.79. The summed E-state index contributed by atoms with van der Waals surface area (Å²) in [7, 11) is 0. The molecule has 0 spiro atoms. The molecule has 1 amide bonds. The van der Waals surface area contributed by atoms with Gasteiger partial charge in [0.05, 0.1) is 17.6 Å². The van der Waals surface area contributed by atoms with Crippen molar-refractivity contribution in [2.75, 3.05) is 0 Å². The van der Waals surface area contributed by atoms with Gasteiger partial charge in [0.2, 0.25) is 0 Å². The maximum atomic E-state index is 13.4. The van der Waals surface area contributed by atoms with Gasteiger partial charge in [0.25, 0.3) is 6.43 Å². The van der Waals surface area contributed by atoms with Gasteiger partial charge in [0, 0.05) is 11.6 Å². The molecule has 0 saturated carbocycles. The van der Waals surface area contributed by atoms with Gasteiger partial charge in [0.15, 0.2) is 11.6 Å². The van der Waals surface area contributed by atoms with Crippen LogP contribution in [0.4, 0.5) is 8.78 Å². The Morgan fingerprint density at radius 1 is 1.14 bits per heavy atom. The highest BCUT2D eigenvalue weighted by Crippen LogP contribution is 2.24. The third-order valence-corrected chi connectivity index (χ3v) is 4.46. The maximum Gasteiger partial charge on any atom is 0.316 e. The average Bonchev–Trinajstić information content (AvgIpc) is 3.33. The number of imidazole rings is 1. The molecule has 7 nitrogen and oxygen atoms in total. The van der Waals surface area contributed by atoms with Crippen molar-refractivity contribution >= 4 is 28.5 Å². The number of hydrogen-bond acceptors (Lipinski definition) is 5. The lowest BCUT2D eigenvalue weighted by molar-refractivity contribution is 0.0907. The molecule has 4 aromatic rings. The number of nitrogens with one attached hydrogen (secondary N) is 1. The lowest BCUT2D eigenvalue weighted by atomic mass is 10.2. The highest BCUT2D eigenvalue weighted by atomic mass is 35.5. The number of aromatic nitrogens is 4. The summed E-state index contributed by atoms with van der Waals surface area (Å²) in [5.74, 6) is -1.13. The number of rotatable bonds is 6. The van der Waals surface area contributed by atoms with Crippen LogP contribution in [0.2, 0.25) is 5.02 Å². The molecule has 10 heteroatoms. The van der Waals surface area contributed by atoms with Gasteiger partial charge in [-0.25, -0.2) is 13.8 Å². The second-order valence-corrected chi connectivity index (χ2v) is 6.61. The van der Waals surface area contributed by atoms with Crippen molar-refractivity contribution in [3.8, 4) is 0 Å². The molecule has 0 unspecified atom stereocenters. The van der Waals surface area contributed by atoms with E-state index in [1.165, 1.54) is 4.57 Å². The number of fused-ring (bicyclic) bond motifs is 1. The first-order valence-corrected chi connectivity index (χ1v) is 8.97. The van der Waals surface area contributed by atoms with E-state index in [0.29, 0.717) is 16.1 Å². The molecule has 4 rings (SSSR count). The minimum absolute atomic E-state index is 0.0895. The number of halogens is 3. The molecule has 0 aliphatic heterocycles. The molecule has 0 atom stereocenters. The molecule has 1 N–H and O–H groups in total. The number of benzene rings is 2. The zero-order valence-corrected chi connectivity index (χ0v) is 15.6. The van der Waals surface area contributed by atoms with E-state index in [4.69, 9.17) is 16.1 Å². The summed E-state index contributed by atoms with van der Waals surface area (Å²) < 4.78 is 33.0. The van der Waals surface area contributed by atoms with Gasteiger partial charge in [-0.2, -0.15) is 4.98 Å². The molecule has 0 bridgehead atoms. The first-order valence-electron chi connectivity index (χ1n) is 8.60. The fourth-order valence-electron chi connectivity index (χ4n) is 2.84. The Balaban J connectivity index is 1.49. The third-order valence-electron chi connectivity index (χ3n) is 4.21. The van der Waals surface area contributed by atoms with Crippen molar-refractivity contribution in [1.82, 2.24) is 25.0 Å². The fourth-order valence-corrected chi connectivity index (χ4v) is 2.96. The Labute approximate surface area is 168 Å². The van der Waals surface area contributed by atoms with Crippen LogP contribution in [-0.4, -0.2) is 25.6 Å². The van der Waals surface area contributed by atoms with Crippen LogP contribution in [0, 0.1) is 0 Å². The fraction of sp³-hybridized carbons (Fsp3) is 0.158. The molecular formula is C19H14ClF2N5O2. The summed E-state index contributed by atoms with van der Waals surface area (Å²) >= 11 is 5.82. The zero-order valence-electron chi connectivity index (χ0n) is 14.8. The van der Waals surface area contributed by atoms with Crippen LogP contribution < -0.4 is 5.32 Å². The van der Waals surface area contributed by atoms with E-state index in [1.807, 2.05) is 0 Å². The Hall–Kier alpha value is -3.33. The molecule has 0 aliphatic carbocycles. The molecule has 2 heterocycles. The quantitative estimate of drug-likeness (QED) is 0.512. The van der Waals surface area contributed by atoms with E-state index in [1.54, 1.807) is 48.5 Å². The monoisotopic (exact) mass is 417 g/mol. The van der Waals surface area contributed by atoms with Gasteiger partial charge in [-0.15, -0.1) is 0 Å². The van der Waals surface area contributed by atoms with E-state index in [0.717, 1.165) is 5.56 Å². The van der Waals surface area contributed by atoms with E-state index in [2.05, 4.69) is 20.4 Å². The molecule has 29 heavy (non-hydrogen) atoms. The van der Waals surface area contributed by atoms with Crippen molar-refractivity contribution in [3.05, 3.63) is 76.7 Å². The van der Waals surface area contributed by atoms with Gasteiger partial charge in [-0.05, 0) is 29.8 Å². The van der Waals surface area contributed by atoms with Crippen LogP contribution in [0.3, 0.4) is 0 Å². The molecule has 2 aromatic carbocycles. The molecule has 0 aliphatic rings. The largest absolute Gasteiger partial charge is 0.344 e. The maximum absolute atomic E-state index is 13.4. The van der Waals surface area contributed by atoms with E-state index < -0.39 is 18.2 Å². The van der Waals surface area contributed by atoms with Gasteiger partial charge in [-0.1, -0.05) is 41.0 Å². The van der Waals surface area contributed by atoms with Gasteiger partial charge >= 0.3 is 11.8 Å². The number of hydrogen-bond donors (Lipinski definition) is 1. The lowest BCUT2D eigenvalue weighted by Gasteiger charge is -2.05. The predicted molar refractivity (Wildman–Crippen MR) is 101 cm³/mol. The number of alkyl halides is 2. The minimum Gasteiger partial charge on any atom is -0.344 e. The summed E-state index contributed by atoms with van der Waals surface area (Å²) in [6.07, 6.45) is -2.77. The second-order valence-electron chi connectivity index (χ2n) is 6.17. The molecule has 0 radical (unpaired) electrons. The van der Waals surface area contributed by atoms with Crippen LogP contribution in [0.15, 0.2) is 53.1 Å². The normalized spacial score (nSPS) is 11.3. The molecule has 148 valence electrons. The predicted octanol–water partition coefficient (Wildman–Crippen LogP) is 3.99. The topological polar surface area (TPSA) is 85.8 Å². The lowest BCUT2D eigenvalue weighted by Crippen LogP contribution is -2.23. The summed E-state index contributed by atoms with van der Waals surface area (Å²) in [4.78, 5) is 20.2. The SMILES string of the molecule is O=C(NCc1ccc(Cl)cc1)c1nc(Cn2c(C(F)F)nc3ccccc32)no1. The smallest absolute Gasteiger partial charge is 0.316 e. The summed E-state index contributed by atoms with van der Waals surface area (Å²) in [5, 5.41) is 6.97. The van der Waals surface area contributed by atoms with Crippen molar-refractivity contribution in [2.45, 2.75) is 19.5 Å². The van der Waals surface area contributed by atoms with Crippen molar-refractivity contribution in [1.29, 1.82) is 0 Å². The third kappa shape index (κ3) is 4.09. The standard InChI is InChI=1S/C19H14ClF2N5O2/c20-12-7-5-11(6-8-12)9-23-18(28)19-25-15(26-29-19)10-27-14-4-2-1-3-13(14)24-17(27)16(21)22/h1-8,16H,9-10H2,(H,23,28). The Morgan fingerprint density at radius 3 is 2.66 bits per heavy atom. The Morgan fingerprint density at radius 2 is 1.90 bits per heavy atom. The number of nitrogens with zero attached hydrogens (tertiary/aromatic N) is 4. The number of carbonyl (C=O) groups excluding carboxylic acids is 1. The Bertz CT molecular complexity index is 1160. The van der Waals surface area contributed by atoms with Crippen LogP contribution in [0.25, 0.3) is 11.0 Å². The molecule has 2 aromatic heterocycles. The van der Waals surface area contributed by atoms with Crippen LogP contribution in [0.5, 0.6) is 0 Å². The highest BCUT2D eigenvalue weighted by Gasteiger charge is 2.21. The molecule has 0 fully saturated rings. The van der Waals surface area contributed by atoms with Crippen molar-refractivity contribution < 1.29 is 18.1 Å². The highest BCUT2D eigenvalue weighted by molar-refractivity contribution is 6.30. The number of para-hydroxylation sites is 2. The van der Waals surface area contributed by atoms with E-state index in [-0.39, 0.29) is 24.8 Å². The van der Waals surface area contributed by atoms with E-state index >= 15 is 0 Å². The van der Waals surface area contributed by atoms with Crippen molar-refractivity contribution in [3.63, 3.8) is 0 Å². The zero-order chi connectivity index (χ0) is 20.4. The van der Waals surface area contributed by atoms with Gasteiger partial charge in [0.1, 0.15) is 0 Å². The minimum atomic E-state index is -2.77. The van der Waals surface area contributed by atoms with Gasteiger partial charge < -0.3 is 14.4 Å². The van der Waals surface area contributed by atoms with E-state index in [9.17, 15) is 13.6 Å². The second kappa shape index (κ2) is 7.96. The van der Waals surface area contributed by atoms with Crippen LogP contribution in [0.1, 0.15) is 34.3 Å². The molecular weight excluding hydrogens is 404 g/mol. The first kappa shape index (κ1) is 19.0. The number of amides is 1. The first-order chi connectivity index (χ1) is 14.0. The summed E-state index contributed by atoms with van der Waals surface area (Å²) in [6.45, 7) is 0.142. The van der Waals surface area contributed by atoms with Crippen LogP contribution >= 0.6 is 11.6 Å². The summed E-state index contributed by atoms with van der Waals surface area (Å²) in [6, 6.07) is 13.7. The molecule has 0 saturated heterocycles. The van der Waals surface area contributed by atoms with Crippen LogP contribution in [-0.2, 0) is 13.1 Å². The Kier molecular flexibility index (Phi) is 5.22. The van der Waals surface area contributed by atoms with Gasteiger partial charge in [-0.3, -0.25) is 4.79 Å². The average molecular weight is 418 g/mol.